The van der Waals surface area contributed by atoms with E-state index in [1.54, 1.807) is 11.0 Å². The van der Waals surface area contributed by atoms with Gasteiger partial charge in [-0.2, -0.15) is 5.10 Å². The van der Waals surface area contributed by atoms with Gasteiger partial charge in [-0.3, -0.25) is 9.48 Å². The van der Waals surface area contributed by atoms with Crippen LogP contribution in [0.2, 0.25) is 0 Å². The third kappa shape index (κ3) is 3.83. The SMILES string of the molecule is CC(C)C1CCC(NC(=O)c2ccc(-c3ncn(C)n3)cc2)CC1. The Morgan fingerprint density at radius 1 is 1.17 bits per heavy atom. The summed E-state index contributed by atoms with van der Waals surface area (Å²) in [6, 6.07) is 7.81. The molecule has 0 aliphatic heterocycles. The molecule has 5 heteroatoms. The Balaban J connectivity index is 1.58. The number of hydrogen-bond donors (Lipinski definition) is 1. The van der Waals surface area contributed by atoms with E-state index in [2.05, 4.69) is 29.2 Å². The maximum atomic E-state index is 12.4. The third-order valence-corrected chi connectivity index (χ3v) is 5.05. The Labute approximate surface area is 143 Å². The third-order valence-electron chi connectivity index (χ3n) is 5.05. The van der Waals surface area contributed by atoms with Crippen molar-refractivity contribution in [1.29, 1.82) is 0 Å². The number of nitrogens with zero attached hydrogens (tertiary/aromatic N) is 3. The van der Waals surface area contributed by atoms with E-state index in [0.717, 1.165) is 30.2 Å². The minimum atomic E-state index is 0.0172. The van der Waals surface area contributed by atoms with Crippen LogP contribution in [0.4, 0.5) is 0 Å². The summed E-state index contributed by atoms with van der Waals surface area (Å²) in [4.78, 5) is 16.7. The molecule has 0 saturated heterocycles. The highest BCUT2D eigenvalue weighted by atomic mass is 16.1. The number of rotatable bonds is 4. The van der Waals surface area contributed by atoms with Gasteiger partial charge in [0, 0.05) is 24.2 Å². The van der Waals surface area contributed by atoms with E-state index >= 15 is 0 Å². The lowest BCUT2D eigenvalue weighted by atomic mass is 9.79. The molecule has 2 aromatic rings. The normalized spacial score (nSPS) is 21.0. The van der Waals surface area contributed by atoms with Crippen LogP contribution in [-0.4, -0.2) is 26.7 Å². The standard InChI is InChI=1S/C19H26N4O/c1-13(2)14-8-10-17(11-9-14)21-19(24)16-6-4-15(5-7-16)18-20-12-23(3)22-18/h4-7,12-14,17H,8-11H2,1-3H3,(H,21,24). The van der Waals surface area contributed by atoms with Crippen LogP contribution in [-0.2, 0) is 7.05 Å². The predicted octanol–water partition coefficient (Wildman–Crippen LogP) is 3.43. The lowest BCUT2D eigenvalue weighted by Crippen LogP contribution is -2.38. The predicted molar refractivity (Wildman–Crippen MR) is 94.5 cm³/mol. The minimum Gasteiger partial charge on any atom is -0.349 e. The summed E-state index contributed by atoms with van der Waals surface area (Å²) >= 11 is 0. The maximum absolute atomic E-state index is 12.4. The summed E-state index contributed by atoms with van der Waals surface area (Å²) in [6.07, 6.45) is 6.28. The monoisotopic (exact) mass is 326 g/mol. The van der Waals surface area contributed by atoms with E-state index in [4.69, 9.17) is 0 Å². The molecule has 24 heavy (non-hydrogen) atoms. The zero-order valence-corrected chi connectivity index (χ0v) is 14.7. The number of hydrogen-bond acceptors (Lipinski definition) is 3. The second-order valence-electron chi connectivity index (χ2n) is 7.15. The van der Waals surface area contributed by atoms with Crippen molar-refractivity contribution in [2.45, 2.75) is 45.6 Å². The maximum Gasteiger partial charge on any atom is 0.251 e. The Morgan fingerprint density at radius 2 is 1.83 bits per heavy atom. The molecule has 0 spiro atoms. The van der Waals surface area contributed by atoms with Gasteiger partial charge in [0.05, 0.1) is 0 Å². The Hall–Kier alpha value is -2.17. The van der Waals surface area contributed by atoms with E-state index in [0.29, 0.717) is 17.4 Å². The van der Waals surface area contributed by atoms with Crippen molar-refractivity contribution in [3.8, 4) is 11.4 Å². The fourth-order valence-corrected chi connectivity index (χ4v) is 3.44. The highest BCUT2D eigenvalue weighted by Gasteiger charge is 2.24. The number of aryl methyl sites for hydroxylation is 1. The Bertz CT molecular complexity index is 682. The largest absolute Gasteiger partial charge is 0.349 e. The van der Waals surface area contributed by atoms with E-state index in [1.165, 1.54) is 12.8 Å². The molecular weight excluding hydrogens is 300 g/mol. The Kier molecular flexibility index (Phi) is 4.97. The van der Waals surface area contributed by atoms with Crippen LogP contribution >= 0.6 is 0 Å². The average Bonchev–Trinajstić information content (AvgIpc) is 3.02. The van der Waals surface area contributed by atoms with Crippen LogP contribution in [0, 0.1) is 11.8 Å². The summed E-state index contributed by atoms with van der Waals surface area (Å²) in [6.45, 7) is 4.59. The first-order chi connectivity index (χ1) is 11.5. The van der Waals surface area contributed by atoms with Crippen molar-refractivity contribution in [2.75, 3.05) is 0 Å². The number of benzene rings is 1. The van der Waals surface area contributed by atoms with E-state index in [-0.39, 0.29) is 5.91 Å². The number of nitrogens with one attached hydrogen (secondary N) is 1. The zero-order chi connectivity index (χ0) is 17.1. The van der Waals surface area contributed by atoms with Gasteiger partial charge in [-0.25, -0.2) is 4.98 Å². The molecule has 1 amide bonds. The molecule has 0 bridgehead atoms. The second kappa shape index (κ2) is 7.16. The summed E-state index contributed by atoms with van der Waals surface area (Å²) in [5.74, 6) is 2.25. The van der Waals surface area contributed by atoms with Gasteiger partial charge >= 0.3 is 0 Å². The number of carbonyl (C=O) groups is 1. The van der Waals surface area contributed by atoms with Crippen molar-refractivity contribution in [1.82, 2.24) is 20.1 Å². The van der Waals surface area contributed by atoms with Crippen LogP contribution in [0.25, 0.3) is 11.4 Å². The second-order valence-corrected chi connectivity index (χ2v) is 7.15. The van der Waals surface area contributed by atoms with E-state index in [9.17, 15) is 4.79 Å². The molecular formula is C19H26N4O. The van der Waals surface area contributed by atoms with Crippen LogP contribution in [0.5, 0.6) is 0 Å². The molecule has 1 N–H and O–H groups in total. The van der Waals surface area contributed by atoms with Gasteiger partial charge in [-0.1, -0.05) is 26.0 Å². The fraction of sp³-hybridized carbons (Fsp3) is 0.526. The fourth-order valence-electron chi connectivity index (χ4n) is 3.44. The first-order valence-corrected chi connectivity index (χ1v) is 8.80. The highest BCUT2D eigenvalue weighted by molar-refractivity contribution is 5.94. The molecule has 5 nitrogen and oxygen atoms in total. The molecule has 1 aliphatic rings. The molecule has 0 unspecified atom stereocenters. The lowest BCUT2D eigenvalue weighted by Gasteiger charge is -2.31. The first-order valence-electron chi connectivity index (χ1n) is 8.80. The lowest BCUT2D eigenvalue weighted by molar-refractivity contribution is 0.0918. The molecule has 3 rings (SSSR count). The number of carbonyl (C=O) groups excluding carboxylic acids is 1. The molecule has 1 aromatic heterocycles. The van der Waals surface area contributed by atoms with Gasteiger partial charge in [0.2, 0.25) is 0 Å². The molecule has 1 aromatic carbocycles. The number of amides is 1. The van der Waals surface area contributed by atoms with E-state index < -0.39 is 0 Å². The number of aromatic nitrogens is 3. The van der Waals surface area contributed by atoms with Gasteiger partial charge in [-0.15, -0.1) is 0 Å². The quantitative estimate of drug-likeness (QED) is 0.936. The molecule has 0 radical (unpaired) electrons. The average molecular weight is 326 g/mol. The minimum absolute atomic E-state index is 0.0172. The molecule has 128 valence electrons. The molecule has 0 atom stereocenters. The summed E-state index contributed by atoms with van der Waals surface area (Å²) in [5, 5.41) is 7.46. The summed E-state index contributed by atoms with van der Waals surface area (Å²) < 4.78 is 1.67. The van der Waals surface area contributed by atoms with Gasteiger partial charge in [-0.05, 0) is 49.7 Å². The summed E-state index contributed by atoms with van der Waals surface area (Å²) in [7, 11) is 1.84. The van der Waals surface area contributed by atoms with Gasteiger partial charge in [0.25, 0.3) is 5.91 Å². The summed E-state index contributed by atoms with van der Waals surface area (Å²) in [5.41, 5.74) is 1.62. The molecule has 1 fully saturated rings. The first kappa shape index (κ1) is 16.7. The van der Waals surface area contributed by atoms with Crippen molar-refractivity contribution in [2.24, 2.45) is 18.9 Å². The van der Waals surface area contributed by atoms with Gasteiger partial charge in [0.1, 0.15) is 6.33 Å². The molecule has 1 heterocycles. The topological polar surface area (TPSA) is 59.8 Å². The molecule has 1 aliphatic carbocycles. The Morgan fingerprint density at radius 3 is 2.38 bits per heavy atom. The zero-order valence-electron chi connectivity index (χ0n) is 14.7. The smallest absolute Gasteiger partial charge is 0.251 e. The van der Waals surface area contributed by atoms with Crippen LogP contribution in [0.15, 0.2) is 30.6 Å². The van der Waals surface area contributed by atoms with Crippen molar-refractivity contribution in [3.63, 3.8) is 0 Å². The molecule has 1 saturated carbocycles. The van der Waals surface area contributed by atoms with Gasteiger partial charge in [0.15, 0.2) is 5.82 Å². The van der Waals surface area contributed by atoms with Crippen LogP contribution < -0.4 is 5.32 Å². The van der Waals surface area contributed by atoms with Crippen molar-refractivity contribution >= 4 is 5.91 Å². The highest BCUT2D eigenvalue weighted by Crippen LogP contribution is 2.30. The van der Waals surface area contributed by atoms with Crippen LogP contribution in [0.1, 0.15) is 49.9 Å². The van der Waals surface area contributed by atoms with Gasteiger partial charge < -0.3 is 5.32 Å². The van der Waals surface area contributed by atoms with Crippen molar-refractivity contribution in [3.05, 3.63) is 36.2 Å². The van der Waals surface area contributed by atoms with E-state index in [1.807, 2.05) is 31.3 Å². The van der Waals surface area contributed by atoms with Crippen LogP contribution in [0.3, 0.4) is 0 Å². The van der Waals surface area contributed by atoms with Crippen molar-refractivity contribution < 1.29 is 4.79 Å².